The van der Waals surface area contributed by atoms with E-state index in [9.17, 15) is 49.8 Å². The van der Waals surface area contributed by atoms with Crippen molar-refractivity contribution in [1.82, 2.24) is 0 Å². The number of carbonyl (C=O) groups excluding carboxylic acids is 4. The third-order valence-electron chi connectivity index (χ3n) is 8.85. The molecule has 0 spiro atoms. The van der Waals surface area contributed by atoms with E-state index < -0.39 is 60.1 Å². The van der Waals surface area contributed by atoms with Crippen LogP contribution >= 0.6 is 0 Å². The lowest BCUT2D eigenvalue weighted by molar-refractivity contribution is -0.128. The molecular formula is C40H48O12. The average molecular weight is 721 g/mol. The van der Waals surface area contributed by atoms with E-state index in [1.54, 1.807) is 65.8 Å². The predicted molar refractivity (Wildman–Crippen MR) is 193 cm³/mol. The van der Waals surface area contributed by atoms with E-state index in [4.69, 9.17) is 9.47 Å². The van der Waals surface area contributed by atoms with Gasteiger partial charge in [-0.1, -0.05) is 62.4 Å². The van der Waals surface area contributed by atoms with Gasteiger partial charge in [-0.25, -0.2) is 9.59 Å². The lowest BCUT2D eigenvalue weighted by Gasteiger charge is -2.20. The van der Waals surface area contributed by atoms with Crippen molar-refractivity contribution in [3.8, 4) is 11.5 Å². The number of aliphatic hydroxyl groups excluding tert-OH is 4. The molecule has 6 N–H and O–H groups in total. The second-order valence-electron chi connectivity index (χ2n) is 13.3. The number of ether oxygens (including phenoxy) is 2. The fourth-order valence-corrected chi connectivity index (χ4v) is 5.28. The van der Waals surface area contributed by atoms with Crippen molar-refractivity contribution in [2.45, 2.75) is 91.0 Å². The summed E-state index contributed by atoms with van der Waals surface area (Å²) in [5.41, 5.74) is 2.46. The minimum atomic E-state index is -1.53. The molecule has 2 aliphatic rings. The first-order valence-corrected chi connectivity index (χ1v) is 17.0. The maximum Gasteiger partial charge on any atom is 0.342 e. The third kappa shape index (κ3) is 11.1. The molecule has 0 aromatic heterocycles. The Kier molecular flexibility index (Phi) is 14.8. The van der Waals surface area contributed by atoms with Gasteiger partial charge in [0.1, 0.15) is 47.0 Å². The number of aromatic hydroxyl groups is 2. The van der Waals surface area contributed by atoms with Crippen LogP contribution in [0.25, 0.3) is 12.2 Å². The van der Waals surface area contributed by atoms with Gasteiger partial charge in [0, 0.05) is 11.8 Å². The summed E-state index contributed by atoms with van der Waals surface area (Å²) in [7, 11) is 0. The molecule has 12 nitrogen and oxygen atoms in total. The van der Waals surface area contributed by atoms with Crippen LogP contribution in [0.2, 0.25) is 0 Å². The molecule has 0 amide bonds. The van der Waals surface area contributed by atoms with Crippen LogP contribution in [0, 0.1) is 25.7 Å². The molecule has 0 saturated heterocycles. The number of ketones is 2. The molecule has 8 atom stereocenters. The molecule has 0 saturated carbocycles. The van der Waals surface area contributed by atoms with Crippen LogP contribution in [-0.4, -0.2) is 90.8 Å². The van der Waals surface area contributed by atoms with Crippen molar-refractivity contribution in [1.29, 1.82) is 0 Å². The highest BCUT2D eigenvalue weighted by Crippen LogP contribution is 2.29. The predicted octanol–water partition coefficient (Wildman–Crippen LogP) is 4.29. The van der Waals surface area contributed by atoms with Crippen LogP contribution in [0.3, 0.4) is 0 Å². The summed E-state index contributed by atoms with van der Waals surface area (Å²) >= 11 is 0. The van der Waals surface area contributed by atoms with Crippen molar-refractivity contribution < 1.29 is 59.3 Å². The zero-order chi connectivity index (χ0) is 38.9. The number of aliphatic hydroxyl groups is 4. The summed E-state index contributed by atoms with van der Waals surface area (Å²) in [5.74, 6) is -3.54. The van der Waals surface area contributed by atoms with Gasteiger partial charge in [0.15, 0.2) is 11.6 Å². The highest BCUT2D eigenvalue weighted by molar-refractivity contribution is 5.98. The van der Waals surface area contributed by atoms with E-state index >= 15 is 0 Å². The molecule has 52 heavy (non-hydrogen) atoms. The number of aryl methyl sites for hydroxylation is 2. The zero-order valence-corrected chi connectivity index (χ0v) is 30.1. The van der Waals surface area contributed by atoms with Gasteiger partial charge in [0.25, 0.3) is 0 Å². The smallest absolute Gasteiger partial charge is 0.342 e. The van der Waals surface area contributed by atoms with Crippen molar-refractivity contribution in [2.75, 3.05) is 0 Å². The van der Waals surface area contributed by atoms with Crippen molar-refractivity contribution in [2.24, 2.45) is 11.8 Å². The number of benzene rings is 2. The molecule has 0 radical (unpaired) electrons. The first-order chi connectivity index (χ1) is 24.4. The van der Waals surface area contributed by atoms with Crippen molar-refractivity contribution in [3.63, 3.8) is 0 Å². The van der Waals surface area contributed by atoms with Gasteiger partial charge < -0.3 is 40.1 Å². The highest BCUT2D eigenvalue weighted by atomic mass is 16.5. The zero-order valence-electron chi connectivity index (χ0n) is 30.1. The average Bonchev–Trinajstić information content (AvgIpc) is 3.07. The second-order valence-corrected chi connectivity index (χ2v) is 13.3. The quantitative estimate of drug-likeness (QED) is 0.211. The van der Waals surface area contributed by atoms with Gasteiger partial charge >= 0.3 is 11.9 Å². The first kappa shape index (κ1) is 41.5. The van der Waals surface area contributed by atoms with Gasteiger partial charge in [-0.2, -0.15) is 0 Å². The maximum atomic E-state index is 12.5. The molecule has 0 fully saturated rings. The fraction of sp³-hybridized carbons (Fsp3) is 0.400. The summed E-state index contributed by atoms with van der Waals surface area (Å²) in [5, 5.41) is 60.2. The molecule has 12 heteroatoms. The maximum absolute atomic E-state index is 12.5. The van der Waals surface area contributed by atoms with Gasteiger partial charge in [0.2, 0.25) is 0 Å². The van der Waals surface area contributed by atoms with Crippen molar-refractivity contribution >= 4 is 35.7 Å². The Morgan fingerprint density at radius 1 is 0.558 bits per heavy atom. The highest BCUT2D eigenvalue weighted by Gasteiger charge is 2.27. The Morgan fingerprint density at radius 2 is 0.904 bits per heavy atom. The molecule has 280 valence electrons. The molecule has 0 aliphatic carbocycles. The second kappa shape index (κ2) is 18.6. The molecule has 2 aliphatic heterocycles. The SMILES string of the molecule is Cc1cc(O)c2c(c1)/C=C/C[C@H](O)[C@H](O)C(=O)/C=C\[C@@H](C)[C@@H](C)OC2=O.Cc1cc(O)c2c(c1)/C=C/C[C@H](O)[C@H](O)C(=O)/C=C\[C@H](C)C(C)OC2=O. The largest absolute Gasteiger partial charge is 0.507 e. The summed E-state index contributed by atoms with van der Waals surface area (Å²) < 4.78 is 10.9. The van der Waals surface area contributed by atoms with Gasteiger partial charge in [-0.05, 0) is 87.1 Å². The van der Waals surface area contributed by atoms with Crippen LogP contribution in [0.5, 0.6) is 11.5 Å². The number of fused-ring (bicyclic) bond motifs is 2. The standard InChI is InChI=1S/2C20H24O6/c2*1-11-9-14-5-4-6-15(21)19(24)16(22)8-7-12(2)13(3)26-20(25)18(14)17(23)10-11/h2*4-5,7-10,12-13,15,19,21,23-24H,6H2,1-3H3/b2*5-4+,8-7-/t12-,13?,15-,19-;12-,13-,15+,19+/m01/s1. The minimum Gasteiger partial charge on any atom is -0.507 e. The van der Waals surface area contributed by atoms with E-state index in [0.29, 0.717) is 11.1 Å². The Balaban J connectivity index is 0.000000280. The van der Waals surface area contributed by atoms with Crippen LogP contribution in [0.4, 0.5) is 0 Å². The summed E-state index contributed by atoms with van der Waals surface area (Å²) in [4.78, 5) is 49.0. The Morgan fingerprint density at radius 3 is 1.25 bits per heavy atom. The topological polar surface area (TPSA) is 208 Å². The van der Waals surface area contributed by atoms with E-state index in [-0.39, 0.29) is 47.3 Å². The lowest BCUT2D eigenvalue weighted by atomic mass is 9.99. The number of phenolic OH excluding ortho intramolecular Hbond substituents is 2. The van der Waals surface area contributed by atoms with Crippen LogP contribution in [0.1, 0.15) is 83.5 Å². The van der Waals surface area contributed by atoms with Crippen LogP contribution in [0.15, 0.2) is 60.7 Å². The van der Waals surface area contributed by atoms with Gasteiger partial charge in [-0.15, -0.1) is 0 Å². The third-order valence-corrected chi connectivity index (χ3v) is 8.85. The lowest BCUT2D eigenvalue weighted by Crippen LogP contribution is -2.32. The van der Waals surface area contributed by atoms with E-state index in [1.807, 2.05) is 0 Å². The molecule has 1 unspecified atom stereocenters. The molecule has 2 aromatic carbocycles. The first-order valence-electron chi connectivity index (χ1n) is 17.0. The number of hydrogen-bond donors (Lipinski definition) is 6. The van der Waals surface area contributed by atoms with Crippen LogP contribution in [-0.2, 0) is 19.1 Å². The molecular weight excluding hydrogens is 672 g/mol. The number of phenols is 2. The Labute approximate surface area is 303 Å². The summed E-state index contributed by atoms with van der Waals surface area (Å²) in [6.07, 6.45) is 4.89. The number of cyclic esters (lactones) is 2. The number of carbonyl (C=O) groups is 4. The number of rotatable bonds is 0. The molecule has 2 aromatic rings. The normalized spacial score (nSPS) is 30.0. The minimum absolute atomic E-state index is 0.00982. The van der Waals surface area contributed by atoms with Gasteiger partial charge in [0.05, 0.1) is 12.2 Å². The van der Waals surface area contributed by atoms with Crippen molar-refractivity contribution in [3.05, 3.63) is 94.1 Å². The fourth-order valence-electron chi connectivity index (χ4n) is 5.28. The monoisotopic (exact) mass is 720 g/mol. The number of hydrogen-bond acceptors (Lipinski definition) is 12. The number of esters is 2. The van der Waals surface area contributed by atoms with E-state index in [2.05, 4.69) is 0 Å². The molecule has 0 bridgehead atoms. The van der Waals surface area contributed by atoms with Crippen LogP contribution < -0.4 is 0 Å². The van der Waals surface area contributed by atoms with E-state index in [1.165, 1.54) is 48.6 Å². The molecule has 4 rings (SSSR count). The molecule has 2 heterocycles. The summed E-state index contributed by atoms with van der Waals surface area (Å²) in [6, 6.07) is 6.37. The van der Waals surface area contributed by atoms with Gasteiger partial charge in [-0.3, -0.25) is 9.59 Å². The summed E-state index contributed by atoms with van der Waals surface area (Å²) in [6.45, 7) is 10.4. The van der Waals surface area contributed by atoms with E-state index in [0.717, 1.165) is 11.1 Å². The Bertz CT molecular complexity index is 1630. The Hall–Kier alpha value is -4.88.